The topological polar surface area (TPSA) is 85.9 Å². The number of alkyl halides is 2. The van der Waals surface area contributed by atoms with Gasteiger partial charge in [-0.2, -0.15) is 0 Å². The highest BCUT2D eigenvalue weighted by atomic mass is 19.3. The Morgan fingerprint density at radius 1 is 1.11 bits per heavy atom. The smallest absolute Gasteiger partial charge is 0.484 e. The summed E-state index contributed by atoms with van der Waals surface area (Å²) in [6, 6.07) is 11.7. The molecule has 1 aliphatic heterocycles. The zero-order chi connectivity index (χ0) is 19.4. The molecule has 2 aromatic rings. The van der Waals surface area contributed by atoms with E-state index < -0.39 is 24.2 Å². The van der Waals surface area contributed by atoms with Crippen LogP contribution >= 0.6 is 0 Å². The van der Waals surface area contributed by atoms with Gasteiger partial charge in [-0.1, -0.05) is 18.2 Å². The quantitative estimate of drug-likeness (QED) is 0.807. The van der Waals surface area contributed by atoms with Crippen LogP contribution in [0.1, 0.15) is 6.92 Å². The summed E-state index contributed by atoms with van der Waals surface area (Å²) in [6.45, 7) is 1.23. The van der Waals surface area contributed by atoms with Crippen molar-refractivity contribution in [3.63, 3.8) is 0 Å². The maximum Gasteiger partial charge on any atom is 0.586 e. The van der Waals surface area contributed by atoms with Crippen LogP contribution in [0.15, 0.2) is 48.5 Å². The van der Waals surface area contributed by atoms with E-state index in [4.69, 9.17) is 4.74 Å². The second kappa shape index (κ2) is 7.48. The van der Waals surface area contributed by atoms with Crippen LogP contribution in [0.4, 0.5) is 14.5 Å². The monoisotopic (exact) mass is 378 g/mol. The summed E-state index contributed by atoms with van der Waals surface area (Å²) in [6.07, 6.45) is -3.73. The number of carbonyl (C=O) groups excluding carboxylic acids is 2. The van der Waals surface area contributed by atoms with E-state index in [2.05, 4.69) is 20.1 Å². The fourth-order valence-corrected chi connectivity index (χ4v) is 2.29. The van der Waals surface area contributed by atoms with Gasteiger partial charge in [0.05, 0.1) is 0 Å². The molecule has 7 nitrogen and oxygen atoms in total. The van der Waals surface area contributed by atoms with Crippen molar-refractivity contribution in [2.24, 2.45) is 0 Å². The lowest BCUT2D eigenvalue weighted by Gasteiger charge is -2.14. The molecule has 2 aromatic carbocycles. The third-order valence-corrected chi connectivity index (χ3v) is 3.55. The molecule has 27 heavy (non-hydrogen) atoms. The van der Waals surface area contributed by atoms with Crippen molar-refractivity contribution in [2.45, 2.75) is 19.3 Å². The first kappa shape index (κ1) is 18.4. The van der Waals surface area contributed by atoms with Crippen molar-refractivity contribution in [3.05, 3.63) is 48.5 Å². The zero-order valence-corrected chi connectivity index (χ0v) is 14.2. The van der Waals surface area contributed by atoms with E-state index in [1.165, 1.54) is 25.1 Å². The van der Waals surface area contributed by atoms with Gasteiger partial charge in [0.25, 0.3) is 5.91 Å². The molecule has 1 aliphatic rings. The predicted molar refractivity (Wildman–Crippen MR) is 90.8 cm³/mol. The van der Waals surface area contributed by atoms with Crippen LogP contribution in [-0.2, 0) is 9.59 Å². The maximum atomic E-state index is 13.0. The predicted octanol–water partition coefficient (Wildman–Crippen LogP) is 2.53. The molecule has 0 aliphatic carbocycles. The fourth-order valence-electron chi connectivity index (χ4n) is 2.29. The van der Waals surface area contributed by atoms with Crippen LogP contribution in [0.5, 0.6) is 17.2 Å². The summed E-state index contributed by atoms with van der Waals surface area (Å²) in [5, 5.41) is 4.99. The summed E-state index contributed by atoms with van der Waals surface area (Å²) in [7, 11) is 0. The van der Waals surface area contributed by atoms with Gasteiger partial charge in [-0.15, -0.1) is 8.78 Å². The number of hydrogen-bond acceptors (Lipinski definition) is 5. The Balaban J connectivity index is 1.50. The number of fused-ring (bicyclic) bond motifs is 1. The molecule has 2 amide bonds. The second-order valence-corrected chi connectivity index (χ2v) is 5.71. The molecule has 1 atom stereocenters. The number of benzene rings is 2. The van der Waals surface area contributed by atoms with Crippen molar-refractivity contribution >= 4 is 17.5 Å². The molecular formula is C18H16F2N2O5. The summed E-state index contributed by atoms with van der Waals surface area (Å²) in [5.41, 5.74) is 0.224. The maximum absolute atomic E-state index is 13.0. The molecule has 0 saturated carbocycles. The molecule has 3 rings (SSSR count). The highest BCUT2D eigenvalue weighted by molar-refractivity contribution is 5.97. The Morgan fingerprint density at radius 2 is 1.81 bits per heavy atom. The van der Waals surface area contributed by atoms with Crippen LogP contribution < -0.4 is 24.8 Å². The minimum Gasteiger partial charge on any atom is -0.484 e. The van der Waals surface area contributed by atoms with Gasteiger partial charge in [0.2, 0.25) is 5.91 Å². The Morgan fingerprint density at radius 3 is 2.56 bits per heavy atom. The van der Waals surface area contributed by atoms with Gasteiger partial charge in [0.15, 0.2) is 18.1 Å². The van der Waals surface area contributed by atoms with E-state index in [9.17, 15) is 18.4 Å². The molecule has 9 heteroatoms. The number of nitrogens with one attached hydrogen (secondary N) is 2. The van der Waals surface area contributed by atoms with E-state index in [0.717, 1.165) is 0 Å². The SMILES string of the molecule is C[C@H](NC(=O)COc1ccccc1)C(=O)Nc1ccc2c(c1)OC(F)(F)O2. The number of para-hydroxylation sites is 1. The van der Waals surface area contributed by atoms with Crippen LogP contribution in [-0.4, -0.2) is 30.8 Å². The van der Waals surface area contributed by atoms with Crippen molar-refractivity contribution in [1.29, 1.82) is 0 Å². The minimum atomic E-state index is -3.73. The van der Waals surface area contributed by atoms with E-state index in [0.29, 0.717) is 5.75 Å². The third kappa shape index (κ3) is 4.84. The normalized spacial score (nSPS) is 14.9. The number of anilines is 1. The van der Waals surface area contributed by atoms with Crippen molar-refractivity contribution in [1.82, 2.24) is 5.32 Å². The van der Waals surface area contributed by atoms with E-state index in [1.807, 2.05) is 6.07 Å². The van der Waals surface area contributed by atoms with Crippen LogP contribution in [0.2, 0.25) is 0 Å². The number of carbonyl (C=O) groups is 2. The molecule has 0 spiro atoms. The molecule has 2 N–H and O–H groups in total. The molecule has 142 valence electrons. The Hall–Kier alpha value is -3.36. The first-order chi connectivity index (χ1) is 12.8. The zero-order valence-electron chi connectivity index (χ0n) is 14.2. The lowest BCUT2D eigenvalue weighted by molar-refractivity contribution is -0.286. The summed E-state index contributed by atoms with van der Waals surface area (Å²) in [4.78, 5) is 24.0. The standard InChI is InChI=1S/C18H16F2N2O5/c1-11(21-16(23)10-25-13-5-3-2-4-6-13)17(24)22-12-7-8-14-15(9-12)27-18(19,20)26-14/h2-9,11H,10H2,1H3,(H,21,23)(H,22,24)/t11-/m0/s1. The highest BCUT2D eigenvalue weighted by Crippen LogP contribution is 2.42. The molecule has 0 unspecified atom stereocenters. The Labute approximate surface area is 153 Å². The third-order valence-electron chi connectivity index (χ3n) is 3.55. The molecule has 0 aromatic heterocycles. The fraction of sp³-hybridized carbons (Fsp3) is 0.222. The highest BCUT2D eigenvalue weighted by Gasteiger charge is 2.43. The number of ether oxygens (including phenoxy) is 3. The molecule has 0 radical (unpaired) electrons. The average Bonchev–Trinajstić information content (AvgIpc) is 2.94. The Bertz CT molecular complexity index is 845. The number of halogens is 2. The Kier molecular flexibility index (Phi) is 5.11. The summed E-state index contributed by atoms with van der Waals surface area (Å²) >= 11 is 0. The van der Waals surface area contributed by atoms with Gasteiger partial charge in [0, 0.05) is 11.8 Å². The van der Waals surface area contributed by atoms with Gasteiger partial charge < -0.3 is 24.8 Å². The van der Waals surface area contributed by atoms with Crippen molar-refractivity contribution in [2.75, 3.05) is 11.9 Å². The van der Waals surface area contributed by atoms with Gasteiger partial charge >= 0.3 is 6.29 Å². The first-order valence-electron chi connectivity index (χ1n) is 8.00. The number of amides is 2. The van der Waals surface area contributed by atoms with Gasteiger partial charge in [-0.25, -0.2) is 0 Å². The van der Waals surface area contributed by atoms with E-state index in [-0.39, 0.29) is 23.8 Å². The van der Waals surface area contributed by atoms with Gasteiger partial charge in [-0.05, 0) is 31.2 Å². The van der Waals surface area contributed by atoms with Crippen LogP contribution in [0, 0.1) is 0 Å². The number of rotatable bonds is 6. The number of hydrogen-bond donors (Lipinski definition) is 2. The summed E-state index contributed by atoms with van der Waals surface area (Å²) in [5.74, 6) is -0.800. The molecule has 0 saturated heterocycles. The van der Waals surface area contributed by atoms with Gasteiger partial charge in [0.1, 0.15) is 11.8 Å². The van der Waals surface area contributed by atoms with E-state index >= 15 is 0 Å². The molecule has 0 fully saturated rings. The lowest BCUT2D eigenvalue weighted by atomic mass is 10.2. The van der Waals surface area contributed by atoms with Crippen molar-refractivity contribution < 1.29 is 32.6 Å². The molecule has 0 bridgehead atoms. The minimum absolute atomic E-state index is 0.127. The second-order valence-electron chi connectivity index (χ2n) is 5.71. The molecule has 1 heterocycles. The van der Waals surface area contributed by atoms with Gasteiger partial charge in [-0.3, -0.25) is 9.59 Å². The molecular weight excluding hydrogens is 362 g/mol. The average molecular weight is 378 g/mol. The van der Waals surface area contributed by atoms with Crippen LogP contribution in [0.25, 0.3) is 0 Å². The largest absolute Gasteiger partial charge is 0.586 e. The van der Waals surface area contributed by atoms with E-state index in [1.54, 1.807) is 24.3 Å². The van der Waals surface area contributed by atoms with Crippen LogP contribution in [0.3, 0.4) is 0 Å². The first-order valence-corrected chi connectivity index (χ1v) is 8.00. The lowest BCUT2D eigenvalue weighted by Crippen LogP contribution is -2.43. The summed E-state index contributed by atoms with van der Waals surface area (Å²) < 4.78 is 39.9. The van der Waals surface area contributed by atoms with Crippen molar-refractivity contribution in [3.8, 4) is 17.2 Å².